The smallest absolute Gasteiger partial charge is 0.0725 e. The van der Waals surface area contributed by atoms with E-state index in [1.165, 1.54) is 99.7 Å². The predicted octanol–water partition coefficient (Wildman–Crippen LogP) is 24.9. The number of para-hydroxylation sites is 2. The van der Waals surface area contributed by atoms with Crippen LogP contribution >= 0.6 is 0 Å². The summed E-state index contributed by atoms with van der Waals surface area (Å²) >= 11 is 0. The molecule has 0 unspecified atom stereocenters. The van der Waals surface area contributed by atoms with Crippen LogP contribution in [0, 0.1) is 27.7 Å². The van der Waals surface area contributed by atoms with Gasteiger partial charge in [-0.05, 0) is 112 Å². The van der Waals surface area contributed by atoms with E-state index in [9.17, 15) is 0 Å². The molecule has 79 heavy (non-hydrogen) atoms. The van der Waals surface area contributed by atoms with E-state index in [2.05, 4.69) is 233 Å². The maximum absolute atomic E-state index is 2.34. The molecular formula is C78H105N. The van der Waals surface area contributed by atoms with E-state index in [1.54, 1.807) is 0 Å². The van der Waals surface area contributed by atoms with Crippen molar-refractivity contribution in [2.45, 2.75) is 158 Å². The maximum Gasteiger partial charge on any atom is 0.0725 e. The number of aryl methyl sites for hydroxylation is 5. The lowest BCUT2D eigenvalue weighted by Gasteiger charge is -2.30. The fourth-order valence-electron chi connectivity index (χ4n) is 9.77. The lowest BCUT2D eigenvalue weighted by Crippen LogP contribution is -2.25. The van der Waals surface area contributed by atoms with E-state index < -0.39 is 0 Å². The van der Waals surface area contributed by atoms with Gasteiger partial charge in [0.2, 0.25) is 0 Å². The molecular weight excluding hydrogens is 951 g/mol. The molecule has 0 fully saturated rings. The largest absolute Gasteiger partial charge is 0.344 e. The molecule has 2 aliphatic carbocycles. The average Bonchev–Trinajstić information content (AvgIpc) is 4.36. The molecule has 0 aliphatic heterocycles. The number of aromatic nitrogens is 1. The summed E-state index contributed by atoms with van der Waals surface area (Å²) in [5.74, 6) is 0. The number of hydrogen-bond donors (Lipinski definition) is 0. The van der Waals surface area contributed by atoms with Crippen LogP contribution in [-0.4, -0.2) is 4.57 Å². The first kappa shape index (κ1) is 71.8. The number of benzene rings is 9. The first-order valence-electron chi connectivity index (χ1n) is 30.3. The van der Waals surface area contributed by atoms with Gasteiger partial charge in [0.25, 0.3) is 0 Å². The maximum atomic E-state index is 2.34. The summed E-state index contributed by atoms with van der Waals surface area (Å²) in [5, 5.41) is 2.68. The van der Waals surface area contributed by atoms with Crippen molar-refractivity contribution >= 4 is 21.8 Å². The average molecular weight is 1060 g/mol. The fraction of sp³-hybridized carbons (Fsp3) is 0.308. The van der Waals surface area contributed by atoms with Crippen LogP contribution in [0.5, 0.6) is 0 Å². The van der Waals surface area contributed by atoms with E-state index in [4.69, 9.17) is 0 Å². The summed E-state index contributed by atoms with van der Waals surface area (Å²) in [7, 11) is 2.12. The molecule has 9 aromatic carbocycles. The van der Waals surface area contributed by atoms with Crippen LogP contribution in [0.4, 0.5) is 0 Å². The van der Waals surface area contributed by atoms with Crippen molar-refractivity contribution < 1.29 is 0 Å². The molecule has 1 heterocycles. The Morgan fingerprint density at radius 3 is 0.911 bits per heavy atom. The molecule has 10 aromatic rings. The van der Waals surface area contributed by atoms with Crippen molar-refractivity contribution in [3.8, 4) is 33.4 Å². The molecule has 0 N–H and O–H groups in total. The summed E-state index contributed by atoms with van der Waals surface area (Å²) in [4.78, 5) is 0. The molecule has 0 saturated carbocycles. The van der Waals surface area contributed by atoms with Crippen LogP contribution in [0.2, 0.25) is 0 Å². The van der Waals surface area contributed by atoms with Gasteiger partial charge in [-0.2, -0.15) is 0 Å². The molecule has 422 valence electrons. The molecule has 1 nitrogen and oxygen atoms in total. The number of fused-ring (bicyclic) bond motifs is 13. The predicted molar refractivity (Wildman–Crippen MR) is 363 cm³/mol. The standard InChI is InChI=1S/C27H20.C13H11N.C13H12.C7H8.9C2H6/c1-17-9-7-15-23-25(17)19-11-3-5-13-21(19)27(23)22-14-6-4-12-20(22)26-18(2)10-8-16-24(26)27;1-14-12-8-4-2-6-10(12)11-7-3-5-9-13(11)14;1-11-7-5-6-10-13(11)12-8-3-2-4-9-12;1-7-5-3-2-4-6-7;9*1-2/h3-16H,1-2H3;2-9H,1H3;2-10H,1H3;2-6H,1H3;9*1-2H3. The summed E-state index contributed by atoms with van der Waals surface area (Å²) in [6.07, 6.45) is 0. The highest BCUT2D eigenvalue weighted by Crippen LogP contribution is 2.63. The Kier molecular flexibility index (Phi) is 37.2. The van der Waals surface area contributed by atoms with Crippen molar-refractivity contribution in [1.29, 1.82) is 0 Å². The molecule has 0 bridgehead atoms. The van der Waals surface area contributed by atoms with Crippen molar-refractivity contribution in [3.05, 3.63) is 263 Å². The first-order valence-corrected chi connectivity index (χ1v) is 30.3. The number of nitrogens with zero attached hydrogens (tertiary/aromatic N) is 1. The zero-order chi connectivity index (χ0) is 59.9. The van der Waals surface area contributed by atoms with Gasteiger partial charge >= 0.3 is 0 Å². The van der Waals surface area contributed by atoms with Gasteiger partial charge in [0, 0.05) is 28.9 Å². The highest BCUT2D eigenvalue weighted by Gasteiger charge is 2.52. The van der Waals surface area contributed by atoms with Crippen molar-refractivity contribution in [2.24, 2.45) is 7.05 Å². The van der Waals surface area contributed by atoms with Crippen LogP contribution in [0.3, 0.4) is 0 Å². The molecule has 1 heteroatoms. The van der Waals surface area contributed by atoms with E-state index in [1.807, 2.05) is 149 Å². The zero-order valence-electron chi connectivity index (χ0n) is 53.7. The number of hydrogen-bond acceptors (Lipinski definition) is 0. The van der Waals surface area contributed by atoms with Gasteiger partial charge in [-0.3, -0.25) is 0 Å². The third kappa shape index (κ3) is 17.1. The van der Waals surface area contributed by atoms with Gasteiger partial charge in [0.05, 0.1) is 5.41 Å². The minimum absolute atomic E-state index is 0.199. The lowest BCUT2D eigenvalue weighted by atomic mass is 9.70. The normalized spacial score (nSPS) is 10.1. The zero-order valence-corrected chi connectivity index (χ0v) is 53.7. The van der Waals surface area contributed by atoms with Crippen LogP contribution < -0.4 is 0 Å². The fourth-order valence-corrected chi connectivity index (χ4v) is 9.77. The quantitative estimate of drug-likeness (QED) is 0.154. The molecule has 2 aliphatic rings. The summed E-state index contributed by atoms with van der Waals surface area (Å²) in [6.45, 7) is 44.7. The highest BCUT2D eigenvalue weighted by atomic mass is 14.9. The van der Waals surface area contributed by atoms with Crippen molar-refractivity contribution in [2.75, 3.05) is 0 Å². The van der Waals surface area contributed by atoms with E-state index in [0.717, 1.165) is 0 Å². The van der Waals surface area contributed by atoms with Crippen LogP contribution in [0.15, 0.2) is 218 Å². The Bertz CT molecular complexity index is 2980. The van der Waals surface area contributed by atoms with Gasteiger partial charge in [-0.15, -0.1) is 0 Å². The van der Waals surface area contributed by atoms with E-state index in [0.29, 0.717) is 0 Å². The van der Waals surface area contributed by atoms with Crippen LogP contribution in [-0.2, 0) is 12.5 Å². The third-order valence-electron chi connectivity index (χ3n) is 12.5. The minimum atomic E-state index is -0.199. The van der Waals surface area contributed by atoms with Gasteiger partial charge in [0.15, 0.2) is 0 Å². The summed E-state index contributed by atoms with van der Waals surface area (Å²) in [5.41, 5.74) is 21.7. The summed E-state index contributed by atoms with van der Waals surface area (Å²) in [6, 6.07) is 77.8. The summed E-state index contributed by atoms with van der Waals surface area (Å²) < 4.78 is 2.24. The van der Waals surface area contributed by atoms with Crippen LogP contribution in [0.25, 0.3) is 55.2 Å². The number of rotatable bonds is 1. The van der Waals surface area contributed by atoms with E-state index in [-0.39, 0.29) is 5.41 Å². The van der Waals surface area contributed by atoms with Crippen LogP contribution in [0.1, 0.15) is 169 Å². The molecule has 1 aromatic heterocycles. The molecule has 1 spiro atoms. The van der Waals surface area contributed by atoms with Gasteiger partial charge in [-0.25, -0.2) is 0 Å². The monoisotopic (exact) mass is 1060 g/mol. The Hall–Kier alpha value is -7.22. The van der Waals surface area contributed by atoms with Gasteiger partial charge < -0.3 is 4.57 Å². The molecule has 12 rings (SSSR count). The molecule has 0 saturated heterocycles. The Labute approximate surface area is 484 Å². The second kappa shape index (κ2) is 40.9. The molecule has 0 radical (unpaired) electrons. The minimum Gasteiger partial charge on any atom is -0.344 e. The Morgan fingerprint density at radius 2 is 0.544 bits per heavy atom. The van der Waals surface area contributed by atoms with E-state index >= 15 is 0 Å². The SMILES string of the molecule is CC.CC.CC.CC.CC.CC.CC.CC.CC.Cc1cccc2c1-c1ccccc1C21c2ccccc2-c2c(C)cccc21.Cc1ccccc1.Cc1ccccc1-c1ccccc1.Cn1c2ccccc2c2ccccc21. The Morgan fingerprint density at radius 1 is 0.253 bits per heavy atom. The second-order valence-corrected chi connectivity index (χ2v) is 16.3. The van der Waals surface area contributed by atoms with Gasteiger partial charge in [0.1, 0.15) is 0 Å². The lowest BCUT2D eigenvalue weighted by molar-refractivity contribution is 0.793. The van der Waals surface area contributed by atoms with Crippen molar-refractivity contribution in [1.82, 2.24) is 4.57 Å². The second-order valence-electron chi connectivity index (χ2n) is 16.3. The molecule has 0 atom stereocenters. The topological polar surface area (TPSA) is 4.93 Å². The Balaban J connectivity index is 0.00000100. The highest BCUT2D eigenvalue weighted by molar-refractivity contribution is 6.07. The third-order valence-corrected chi connectivity index (χ3v) is 12.5. The van der Waals surface area contributed by atoms with Gasteiger partial charge in [-0.1, -0.05) is 336 Å². The van der Waals surface area contributed by atoms with Crippen molar-refractivity contribution in [3.63, 3.8) is 0 Å². The first-order chi connectivity index (χ1) is 38.9. The molecule has 0 amide bonds.